The van der Waals surface area contributed by atoms with E-state index in [1.165, 1.54) is 11.3 Å². The summed E-state index contributed by atoms with van der Waals surface area (Å²) < 4.78 is 15.9. The third kappa shape index (κ3) is 5.21. The second-order valence-corrected chi connectivity index (χ2v) is 7.03. The number of aromatic nitrogens is 1. The number of ether oxygens (including phenoxy) is 3. The molecular weight excluding hydrogens is 386 g/mol. The van der Waals surface area contributed by atoms with Crippen LogP contribution in [0.3, 0.4) is 0 Å². The molecule has 0 aliphatic heterocycles. The quantitative estimate of drug-likeness (QED) is 0.525. The topological polar surface area (TPSA) is 57.7 Å². The Hall–Kier alpha value is -2.57. The number of nitrogens with zero attached hydrogens (tertiary/aromatic N) is 1. The van der Waals surface area contributed by atoms with Gasteiger partial charge in [0.1, 0.15) is 23.1 Å². The van der Waals surface area contributed by atoms with Gasteiger partial charge in [-0.2, -0.15) is 0 Å². The average Bonchev–Trinajstić information content (AvgIpc) is 3.15. The van der Waals surface area contributed by atoms with Crippen molar-refractivity contribution in [1.82, 2.24) is 4.98 Å². The second kappa shape index (κ2) is 8.88. The molecule has 7 heteroatoms. The molecule has 0 aliphatic rings. The van der Waals surface area contributed by atoms with Gasteiger partial charge < -0.3 is 14.2 Å². The van der Waals surface area contributed by atoms with Gasteiger partial charge in [0.15, 0.2) is 6.61 Å². The van der Waals surface area contributed by atoms with Gasteiger partial charge in [-0.15, -0.1) is 11.3 Å². The first-order chi connectivity index (χ1) is 13.0. The first kappa shape index (κ1) is 19.2. The summed E-state index contributed by atoms with van der Waals surface area (Å²) >= 11 is 7.39. The fourth-order valence-electron chi connectivity index (χ4n) is 2.35. The molecule has 0 aliphatic carbocycles. The Morgan fingerprint density at radius 1 is 1.19 bits per heavy atom. The molecule has 2 aromatic carbocycles. The van der Waals surface area contributed by atoms with Crippen LogP contribution in [0.15, 0.2) is 47.8 Å². The fraction of sp³-hybridized carbons (Fsp3) is 0.200. The zero-order valence-electron chi connectivity index (χ0n) is 14.9. The van der Waals surface area contributed by atoms with Crippen LogP contribution >= 0.6 is 22.9 Å². The molecule has 3 rings (SSSR count). The number of aryl methyl sites for hydroxylation is 1. The minimum absolute atomic E-state index is 0.106. The molecule has 0 saturated carbocycles. The normalized spacial score (nSPS) is 10.5. The highest BCUT2D eigenvalue weighted by Crippen LogP contribution is 2.26. The summed E-state index contributed by atoms with van der Waals surface area (Å²) in [6.07, 6.45) is 0. The van der Waals surface area contributed by atoms with E-state index in [9.17, 15) is 4.79 Å². The van der Waals surface area contributed by atoms with E-state index < -0.39 is 5.97 Å². The van der Waals surface area contributed by atoms with Gasteiger partial charge in [-0.05, 0) is 55.0 Å². The van der Waals surface area contributed by atoms with E-state index in [1.54, 1.807) is 25.3 Å². The number of methoxy groups -OCH3 is 1. The van der Waals surface area contributed by atoms with E-state index in [-0.39, 0.29) is 13.2 Å². The first-order valence-corrected chi connectivity index (χ1v) is 9.44. The Bertz CT molecular complexity index is 924. The van der Waals surface area contributed by atoms with Crippen molar-refractivity contribution >= 4 is 28.9 Å². The molecule has 0 saturated heterocycles. The van der Waals surface area contributed by atoms with E-state index in [4.69, 9.17) is 25.8 Å². The van der Waals surface area contributed by atoms with Crippen LogP contribution in [-0.4, -0.2) is 24.7 Å². The predicted molar refractivity (Wildman–Crippen MR) is 106 cm³/mol. The smallest absolute Gasteiger partial charge is 0.344 e. The molecule has 0 N–H and O–H groups in total. The van der Waals surface area contributed by atoms with Gasteiger partial charge in [-0.1, -0.05) is 11.6 Å². The monoisotopic (exact) mass is 403 g/mol. The summed E-state index contributed by atoms with van der Waals surface area (Å²) in [4.78, 5) is 16.4. The molecule has 0 spiro atoms. The van der Waals surface area contributed by atoms with Gasteiger partial charge in [0.2, 0.25) is 0 Å². The van der Waals surface area contributed by atoms with Crippen LogP contribution in [0, 0.1) is 6.92 Å². The van der Waals surface area contributed by atoms with Crippen LogP contribution in [0.2, 0.25) is 5.02 Å². The van der Waals surface area contributed by atoms with Crippen LogP contribution < -0.4 is 9.47 Å². The van der Waals surface area contributed by atoms with Gasteiger partial charge in [0.25, 0.3) is 0 Å². The average molecular weight is 404 g/mol. The lowest BCUT2D eigenvalue weighted by Crippen LogP contribution is -2.15. The van der Waals surface area contributed by atoms with Crippen molar-refractivity contribution in [3.8, 4) is 22.1 Å². The van der Waals surface area contributed by atoms with Gasteiger partial charge in [0.05, 0.1) is 12.8 Å². The zero-order valence-corrected chi connectivity index (χ0v) is 16.5. The predicted octanol–water partition coefficient (Wildman–Crippen LogP) is 4.90. The third-order valence-electron chi connectivity index (χ3n) is 3.75. The summed E-state index contributed by atoms with van der Waals surface area (Å²) in [6.45, 7) is 1.80. The highest BCUT2D eigenvalue weighted by molar-refractivity contribution is 7.13. The SMILES string of the molecule is COc1ccc(-c2nc(COC(=O)COc3ccc(Cl)cc3C)cs2)cc1. The van der Waals surface area contributed by atoms with Crippen molar-refractivity contribution in [2.24, 2.45) is 0 Å². The van der Waals surface area contributed by atoms with E-state index in [2.05, 4.69) is 4.98 Å². The summed E-state index contributed by atoms with van der Waals surface area (Å²) in [5, 5.41) is 3.35. The standard InChI is InChI=1S/C20H18ClNO4S/c1-13-9-15(21)5-8-18(13)25-11-19(23)26-10-16-12-27-20(22-16)14-3-6-17(24-2)7-4-14/h3-9,12H,10-11H2,1-2H3. The number of esters is 1. The molecular formula is C20H18ClNO4S. The third-order valence-corrected chi connectivity index (χ3v) is 4.93. The molecule has 0 radical (unpaired) electrons. The maximum absolute atomic E-state index is 11.9. The van der Waals surface area contributed by atoms with Gasteiger partial charge in [0, 0.05) is 16.0 Å². The minimum Gasteiger partial charge on any atom is -0.497 e. The van der Waals surface area contributed by atoms with Crippen molar-refractivity contribution in [2.45, 2.75) is 13.5 Å². The molecule has 0 fully saturated rings. The number of carbonyl (C=O) groups is 1. The van der Waals surface area contributed by atoms with Crippen molar-refractivity contribution in [1.29, 1.82) is 0 Å². The molecule has 5 nitrogen and oxygen atoms in total. The van der Waals surface area contributed by atoms with E-state index in [0.29, 0.717) is 16.5 Å². The van der Waals surface area contributed by atoms with Crippen molar-refractivity contribution < 1.29 is 19.0 Å². The Labute approximate surface area is 166 Å². The number of halogens is 1. The highest BCUT2D eigenvalue weighted by atomic mass is 35.5. The fourth-order valence-corrected chi connectivity index (χ4v) is 3.38. The number of hydrogen-bond acceptors (Lipinski definition) is 6. The van der Waals surface area contributed by atoms with E-state index in [0.717, 1.165) is 21.9 Å². The number of carbonyl (C=O) groups excluding carboxylic acids is 1. The van der Waals surface area contributed by atoms with Crippen LogP contribution in [0.5, 0.6) is 11.5 Å². The zero-order chi connectivity index (χ0) is 19.2. The van der Waals surface area contributed by atoms with Crippen molar-refractivity contribution in [2.75, 3.05) is 13.7 Å². The summed E-state index contributed by atoms with van der Waals surface area (Å²) in [6, 6.07) is 12.9. The van der Waals surface area contributed by atoms with Crippen LogP contribution in [0.4, 0.5) is 0 Å². The highest BCUT2D eigenvalue weighted by Gasteiger charge is 2.10. The van der Waals surface area contributed by atoms with Gasteiger partial charge >= 0.3 is 5.97 Å². The van der Waals surface area contributed by atoms with Crippen LogP contribution in [0.25, 0.3) is 10.6 Å². The maximum atomic E-state index is 11.9. The lowest BCUT2D eigenvalue weighted by Gasteiger charge is -2.08. The Morgan fingerprint density at radius 3 is 2.67 bits per heavy atom. The second-order valence-electron chi connectivity index (χ2n) is 5.73. The van der Waals surface area contributed by atoms with Crippen LogP contribution in [0.1, 0.15) is 11.3 Å². The minimum atomic E-state index is -0.455. The van der Waals surface area contributed by atoms with Gasteiger partial charge in [-0.3, -0.25) is 0 Å². The van der Waals surface area contributed by atoms with Crippen molar-refractivity contribution in [3.63, 3.8) is 0 Å². The van der Waals surface area contributed by atoms with Gasteiger partial charge in [-0.25, -0.2) is 9.78 Å². The number of thiazole rings is 1. The number of hydrogen-bond donors (Lipinski definition) is 0. The summed E-state index contributed by atoms with van der Waals surface area (Å²) in [5.74, 6) is 0.940. The van der Waals surface area contributed by atoms with Crippen LogP contribution in [-0.2, 0) is 16.1 Å². The molecule has 1 aromatic heterocycles. The molecule has 1 heterocycles. The summed E-state index contributed by atoms with van der Waals surface area (Å²) in [5.41, 5.74) is 2.54. The maximum Gasteiger partial charge on any atom is 0.344 e. The Morgan fingerprint density at radius 2 is 1.96 bits per heavy atom. The molecule has 3 aromatic rings. The number of benzene rings is 2. The lowest BCUT2D eigenvalue weighted by molar-refractivity contribution is -0.147. The lowest BCUT2D eigenvalue weighted by atomic mass is 10.2. The molecule has 140 valence electrons. The Balaban J connectivity index is 1.51. The molecule has 0 amide bonds. The van der Waals surface area contributed by atoms with E-state index >= 15 is 0 Å². The Kier molecular flexibility index (Phi) is 6.32. The molecule has 0 atom stereocenters. The summed E-state index contributed by atoms with van der Waals surface area (Å²) in [7, 11) is 1.63. The largest absolute Gasteiger partial charge is 0.497 e. The van der Waals surface area contributed by atoms with E-state index in [1.807, 2.05) is 36.6 Å². The molecule has 0 unspecified atom stereocenters. The number of rotatable bonds is 7. The molecule has 0 bridgehead atoms. The molecule has 27 heavy (non-hydrogen) atoms. The first-order valence-electron chi connectivity index (χ1n) is 8.18. The van der Waals surface area contributed by atoms with Crippen molar-refractivity contribution in [3.05, 3.63) is 64.1 Å².